The second kappa shape index (κ2) is 7.49. The van der Waals surface area contributed by atoms with Gasteiger partial charge in [-0.3, -0.25) is 9.59 Å². The lowest BCUT2D eigenvalue weighted by Gasteiger charge is -2.05. The van der Waals surface area contributed by atoms with E-state index in [1.165, 1.54) is 23.1 Å². The number of benzene rings is 1. The van der Waals surface area contributed by atoms with Crippen LogP contribution in [-0.2, 0) is 10.5 Å². The van der Waals surface area contributed by atoms with Crippen LogP contribution in [0.1, 0.15) is 15.9 Å². The molecule has 110 valence electrons. The normalized spacial score (nSPS) is 10.3. The minimum atomic E-state index is -0.541. The van der Waals surface area contributed by atoms with Gasteiger partial charge in [0.1, 0.15) is 5.00 Å². The average Bonchev–Trinajstić information content (AvgIpc) is 2.89. The maximum Gasteiger partial charge on any atom is 0.251 e. The van der Waals surface area contributed by atoms with Gasteiger partial charge in [-0.1, -0.05) is 23.7 Å². The number of hydrogen-bond donors (Lipinski definition) is 2. The molecule has 4 nitrogen and oxygen atoms in total. The van der Waals surface area contributed by atoms with Gasteiger partial charge in [0.2, 0.25) is 5.91 Å². The first-order valence-electron chi connectivity index (χ1n) is 6.05. The second-order valence-corrected chi connectivity index (χ2v) is 6.53. The Morgan fingerprint density at radius 2 is 1.95 bits per heavy atom. The Balaban J connectivity index is 1.81. The highest BCUT2D eigenvalue weighted by Crippen LogP contribution is 2.23. The standard InChI is InChI=1S/C14H13ClN2O2S2/c15-10-3-1-9(2-4-10)7-20-8-12(18)17-14-11(13(16)19)5-6-21-14/h1-6H,7-8H2,(H2,16,19)(H,17,18). The Hall–Kier alpha value is -1.50. The van der Waals surface area contributed by atoms with Crippen molar-refractivity contribution < 1.29 is 9.59 Å². The van der Waals surface area contributed by atoms with E-state index in [0.29, 0.717) is 21.3 Å². The SMILES string of the molecule is NC(=O)c1ccsc1NC(=O)CSCc1ccc(Cl)cc1. The molecule has 2 rings (SSSR count). The molecule has 0 saturated carbocycles. The van der Waals surface area contributed by atoms with Crippen LogP contribution in [0.15, 0.2) is 35.7 Å². The average molecular weight is 341 g/mol. The van der Waals surface area contributed by atoms with Gasteiger partial charge in [-0.05, 0) is 29.1 Å². The topological polar surface area (TPSA) is 72.2 Å². The van der Waals surface area contributed by atoms with Crippen LogP contribution in [0.25, 0.3) is 0 Å². The van der Waals surface area contributed by atoms with Gasteiger partial charge in [0.15, 0.2) is 0 Å². The summed E-state index contributed by atoms with van der Waals surface area (Å²) in [6, 6.07) is 9.10. The van der Waals surface area contributed by atoms with Crippen molar-refractivity contribution in [1.29, 1.82) is 0 Å². The number of nitrogens with two attached hydrogens (primary N) is 1. The minimum Gasteiger partial charge on any atom is -0.366 e. The Morgan fingerprint density at radius 1 is 1.24 bits per heavy atom. The number of rotatable bonds is 6. The molecule has 0 aliphatic heterocycles. The number of carbonyl (C=O) groups is 2. The molecule has 0 aliphatic rings. The molecule has 7 heteroatoms. The van der Waals surface area contributed by atoms with Gasteiger partial charge in [-0.2, -0.15) is 0 Å². The molecule has 21 heavy (non-hydrogen) atoms. The number of hydrogen-bond acceptors (Lipinski definition) is 4. The van der Waals surface area contributed by atoms with E-state index in [0.717, 1.165) is 11.3 Å². The molecule has 3 N–H and O–H groups in total. The van der Waals surface area contributed by atoms with Gasteiger partial charge < -0.3 is 11.1 Å². The summed E-state index contributed by atoms with van der Waals surface area (Å²) in [7, 11) is 0. The van der Waals surface area contributed by atoms with E-state index in [2.05, 4.69) is 5.32 Å². The number of halogens is 1. The van der Waals surface area contributed by atoms with Crippen molar-refractivity contribution in [3.63, 3.8) is 0 Å². The summed E-state index contributed by atoms with van der Waals surface area (Å²) in [5.41, 5.74) is 6.67. The number of amides is 2. The minimum absolute atomic E-state index is 0.154. The summed E-state index contributed by atoms with van der Waals surface area (Å²) in [5.74, 6) is 0.329. The monoisotopic (exact) mass is 340 g/mol. The molecule has 0 spiro atoms. The molecular weight excluding hydrogens is 328 g/mol. The van der Waals surface area contributed by atoms with E-state index in [-0.39, 0.29) is 5.91 Å². The summed E-state index contributed by atoms with van der Waals surface area (Å²) in [5, 5.41) is 5.62. The van der Waals surface area contributed by atoms with Crippen molar-refractivity contribution >= 4 is 51.5 Å². The smallest absolute Gasteiger partial charge is 0.251 e. The zero-order chi connectivity index (χ0) is 15.2. The van der Waals surface area contributed by atoms with Crippen LogP contribution in [0.3, 0.4) is 0 Å². The van der Waals surface area contributed by atoms with Crippen molar-refractivity contribution in [2.75, 3.05) is 11.1 Å². The van der Waals surface area contributed by atoms with E-state index in [9.17, 15) is 9.59 Å². The molecule has 0 bridgehead atoms. The Labute approximate surface area is 135 Å². The molecule has 2 aromatic rings. The fourth-order valence-corrected chi connectivity index (χ4v) is 3.33. The van der Waals surface area contributed by atoms with Crippen molar-refractivity contribution in [3.05, 3.63) is 51.9 Å². The zero-order valence-corrected chi connectivity index (χ0v) is 13.4. The van der Waals surface area contributed by atoms with Crippen molar-refractivity contribution in [2.45, 2.75) is 5.75 Å². The largest absolute Gasteiger partial charge is 0.366 e. The predicted octanol–water partition coefficient (Wildman–Crippen LogP) is 3.37. The summed E-state index contributed by atoms with van der Waals surface area (Å²) in [4.78, 5) is 23.0. The lowest BCUT2D eigenvalue weighted by molar-refractivity contribution is -0.113. The van der Waals surface area contributed by atoms with Crippen LogP contribution >= 0.6 is 34.7 Å². The summed E-state index contributed by atoms with van der Waals surface area (Å²) in [6.07, 6.45) is 0. The molecular formula is C14H13ClN2O2S2. The summed E-state index contributed by atoms with van der Waals surface area (Å²) >= 11 is 8.58. The van der Waals surface area contributed by atoms with Crippen molar-refractivity contribution in [3.8, 4) is 0 Å². The highest BCUT2D eigenvalue weighted by molar-refractivity contribution is 7.99. The number of anilines is 1. The van der Waals surface area contributed by atoms with Crippen LogP contribution in [-0.4, -0.2) is 17.6 Å². The molecule has 0 saturated heterocycles. The van der Waals surface area contributed by atoms with Crippen LogP contribution in [0.5, 0.6) is 0 Å². The highest BCUT2D eigenvalue weighted by atomic mass is 35.5. The maximum absolute atomic E-state index is 11.8. The highest BCUT2D eigenvalue weighted by Gasteiger charge is 2.12. The van der Waals surface area contributed by atoms with Gasteiger partial charge in [0.05, 0.1) is 11.3 Å². The molecule has 1 heterocycles. The molecule has 0 unspecified atom stereocenters. The van der Waals surface area contributed by atoms with E-state index in [1.807, 2.05) is 24.3 Å². The van der Waals surface area contributed by atoms with E-state index >= 15 is 0 Å². The molecule has 0 fully saturated rings. The van der Waals surface area contributed by atoms with Crippen LogP contribution in [0.2, 0.25) is 5.02 Å². The maximum atomic E-state index is 11.8. The number of nitrogens with one attached hydrogen (secondary N) is 1. The number of carbonyl (C=O) groups excluding carboxylic acids is 2. The molecule has 1 aromatic carbocycles. The number of thiophene rings is 1. The Bertz CT molecular complexity index is 641. The zero-order valence-electron chi connectivity index (χ0n) is 11.0. The van der Waals surface area contributed by atoms with Gasteiger partial charge in [0, 0.05) is 10.8 Å². The lowest BCUT2D eigenvalue weighted by Crippen LogP contribution is -2.17. The Morgan fingerprint density at radius 3 is 2.62 bits per heavy atom. The molecule has 1 aromatic heterocycles. The molecule has 0 aliphatic carbocycles. The molecule has 2 amide bonds. The van der Waals surface area contributed by atoms with E-state index in [4.69, 9.17) is 17.3 Å². The fraction of sp³-hybridized carbons (Fsp3) is 0.143. The van der Waals surface area contributed by atoms with Gasteiger partial charge in [0.25, 0.3) is 5.91 Å². The second-order valence-electron chi connectivity index (χ2n) is 4.20. The lowest BCUT2D eigenvalue weighted by atomic mass is 10.2. The van der Waals surface area contributed by atoms with Gasteiger partial charge >= 0.3 is 0 Å². The number of primary amides is 1. The van der Waals surface area contributed by atoms with Gasteiger partial charge in [-0.25, -0.2) is 0 Å². The van der Waals surface area contributed by atoms with Crippen molar-refractivity contribution in [2.24, 2.45) is 5.73 Å². The van der Waals surface area contributed by atoms with Crippen molar-refractivity contribution in [1.82, 2.24) is 0 Å². The predicted molar refractivity (Wildman–Crippen MR) is 89.1 cm³/mol. The molecule has 0 atom stereocenters. The van der Waals surface area contributed by atoms with Crippen LogP contribution in [0.4, 0.5) is 5.00 Å². The molecule has 0 radical (unpaired) electrons. The fourth-order valence-electron chi connectivity index (χ4n) is 1.61. The first-order valence-corrected chi connectivity index (χ1v) is 8.47. The summed E-state index contributed by atoms with van der Waals surface area (Å²) in [6.45, 7) is 0. The van der Waals surface area contributed by atoms with Gasteiger partial charge in [-0.15, -0.1) is 23.1 Å². The summed E-state index contributed by atoms with van der Waals surface area (Å²) < 4.78 is 0. The van der Waals surface area contributed by atoms with E-state index in [1.54, 1.807) is 11.4 Å². The number of thioether (sulfide) groups is 1. The quantitative estimate of drug-likeness (QED) is 0.846. The third kappa shape index (κ3) is 4.77. The Kier molecular flexibility index (Phi) is 5.67. The van der Waals surface area contributed by atoms with Crippen LogP contribution in [0, 0.1) is 0 Å². The third-order valence-corrected chi connectivity index (χ3v) is 4.68. The third-order valence-electron chi connectivity index (χ3n) is 2.60. The first-order chi connectivity index (χ1) is 10.1. The van der Waals surface area contributed by atoms with Crippen LogP contribution < -0.4 is 11.1 Å². The van der Waals surface area contributed by atoms with E-state index < -0.39 is 5.91 Å². The first kappa shape index (κ1) is 15.9.